The number of benzene rings is 1. The van der Waals surface area contributed by atoms with E-state index in [1.165, 1.54) is 6.20 Å². The van der Waals surface area contributed by atoms with Gasteiger partial charge in [-0.25, -0.2) is 0 Å². The molecule has 1 amide bonds. The molecule has 2 aromatic heterocycles. The minimum Gasteiger partial charge on any atom is -0.378 e. The number of aromatic nitrogens is 2. The van der Waals surface area contributed by atoms with Gasteiger partial charge in [0, 0.05) is 48.2 Å². The van der Waals surface area contributed by atoms with Crippen molar-refractivity contribution in [1.29, 1.82) is 0 Å². The van der Waals surface area contributed by atoms with Gasteiger partial charge in [-0.3, -0.25) is 19.6 Å². The number of nitrogens with zero attached hydrogens (tertiary/aromatic N) is 3. The number of hydrogen-bond donors (Lipinski definition) is 1. The van der Waals surface area contributed by atoms with E-state index in [0.717, 1.165) is 16.9 Å². The maximum absolute atomic E-state index is 12.8. The Labute approximate surface area is 185 Å². The number of ketones is 1. The van der Waals surface area contributed by atoms with Crippen molar-refractivity contribution in [3.8, 4) is 0 Å². The summed E-state index contributed by atoms with van der Waals surface area (Å²) in [5.74, 6) is -0.242. The topological polar surface area (TPSA) is 84.4 Å². The first-order valence-electron chi connectivity index (χ1n) is 9.92. The third kappa shape index (κ3) is 5.25. The summed E-state index contributed by atoms with van der Waals surface area (Å²) in [4.78, 5) is 35.4. The zero-order valence-electron chi connectivity index (χ0n) is 16.8. The van der Waals surface area contributed by atoms with Crippen LogP contribution >= 0.6 is 11.6 Å². The highest BCUT2D eigenvalue weighted by Gasteiger charge is 2.20. The van der Waals surface area contributed by atoms with Crippen molar-refractivity contribution in [1.82, 2.24) is 14.9 Å². The summed E-state index contributed by atoms with van der Waals surface area (Å²) in [6.07, 6.45) is 4.97. The van der Waals surface area contributed by atoms with E-state index in [1.54, 1.807) is 47.6 Å². The lowest BCUT2D eigenvalue weighted by Gasteiger charge is -2.26. The van der Waals surface area contributed by atoms with Crippen LogP contribution in [0.1, 0.15) is 26.4 Å². The van der Waals surface area contributed by atoms with Crippen molar-refractivity contribution < 1.29 is 14.3 Å². The molecule has 0 bridgehead atoms. The number of Topliss-reactive ketones (excluding diaryl/α,β-unsaturated/α-hetero) is 1. The predicted molar refractivity (Wildman–Crippen MR) is 118 cm³/mol. The van der Waals surface area contributed by atoms with E-state index < -0.39 is 0 Å². The first kappa shape index (κ1) is 21.0. The molecule has 3 heterocycles. The van der Waals surface area contributed by atoms with Crippen LogP contribution in [0.25, 0.3) is 0 Å². The van der Waals surface area contributed by atoms with E-state index >= 15 is 0 Å². The maximum Gasteiger partial charge on any atom is 0.272 e. The van der Waals surface area contributed by atoms with E-state index in [4.69, 9.17) is 16.3 Å². The monoisotopic (exact) mass is 436 g/mol. The Morgan fingerprint density at radius 2 is 1.81 bits per heavy atom. The maximum atomic E-state index is 12.8. The Kier molecular flexibility index (Phi) is 6.54. The quantitative estimate of drug-likeness (QED) is 0.592. The van der Waals surface area contributed by atoms with Gasteiger partial charge >= 0.3 is 0 Å². The fraction of sp³-hybridized carbons (Fsp3) is 0.217. The summed E-state index contributed by atoms with van der Waals surface area (Å²) < 4.78 is 5.27. The highest BCUT2D eigenvalue weighted by atomic mass is 35.5. The summed E-state index contributed by atoms with van der Waals surface area (Å²) >= 11 is 5.94. The molecule has 0 radical (unpaired) electrons. The first-order chi connectivity index (χ1) is 15.1. The van der Waals surface area contributed by atoms with Crippen LogP contribution in [0.3, 0.4) is 0 Å². The Morgan fingerprint density at radius 1 is 1.03 bits per heavy atom. The molecule has 31 heavy (non-hydrogen) atoms. The van der Waals surface area contributed by atoms with Gasteiger partial charge < -0.3 is 15.0 Å². The van der Waals surface area contributed by atoms with Crippen LogP contribution in [0, 0.1) is 0 Å². The average molecular weight is 437 g/mol. The summed E-state index contributed by atoms with van der Waals surface area (Å²) in [6, 6.07) is 12.3. The SMILES string of the molecule is O=C(Cc1ccncc1Nc1ccc(Cl)cc1)c1ccc(C(=O)N2CCOCC2)nc1. The molecular weight excluding hydrogens is 416 g/mol. The van der Waals surface area contributed by atoms with Crippen LogP contribution < -0.4 is 5.32 Å². The summed E-state index contributed by atoms with van der Waals surface area (Å²) in [5.41, 5.74) is 3.17. The summed E-state index contributed by atoms with van der Waals surface area (Å²) in [7, 11) is 0. The molecular formula is C23H21ClN4O3. The molecule has 1 aromatic carbocycles. The number of morpholine rings is 1. The van der Waals surface area contributed by atoms with E-state index in [0.29, 0.717) is 42.6 Å². The number of hydrogen-bond acceptors (Lipinski definition) is 6. The van der Waals surface area contributed by atoms with Gasteiger partial charge in [-0.05, 0) is 48.0 Å². The van der Waals surface area contributed by atoms with Gasteiger partial charge in [-0.15, -0.1) is 0 Å². The highest BCUT2D eigenvalue weighted by Crippen LogP contribution is 2.23. The van der Waals surface area contributed by atoms with Crippen LogP contribution in [0.5, 0.6) is 0 Å². The fourth-order valence-electron chi connectivity index (χ4n) is 3.27. The molecule has 0 unspecified atom stereocenters. The molecule has 4 rings (SSSR count). The van der Waals surface area contributed by atoms with E-state index in [-0.39, 0.29) is 18.1 Å². The van der Waals surface area contributed by atoms with Crippen molar-refractivity contribution in [3.63, 3.8) is 0 Å². The summed E-state index contributed by atoms with van der Waals surface area (Å²) in [6.45, 7) is 2.15. The van der Waals surface area contributed by atoms with Crippen LogP contribution in [0.4, 0.5) is 11.4 Å². The molecule has 0 aliphatic carbocycles. The number of ether oxygens (including phenoxy) is 1. The van der Waals surface area contributed by atoms with Crippen molar-refractivity contribution >= 4 is 34.7 Å². The van der Waals surface area contributed by atoms with Crippen molar-refractivity contribution in [2.75, 3.05) is 31.6 Å². The highest BCUT2D eigenvalue weighted by molar-refractivity contribution is 6.30. The van der Waals surface area contributed by atoms with E-state index in [2.05, 4.69) is 15.3 Å². The van der Waals surface area contributed by atoms with Crippen molar-refractivity contribution in [2.24, 2.45) is 0 Å². The average Bonchev–Trinajstić information content (AvgIpc) is 2.82. The number of rotatable bonds is 6. The van der Waals surface area contributed by atoms with Gasteiger partial charge in [0.25, 0.3) is 5.91 Å². The normalized spacial score (nSPS) is 13.6. The minimum atomic E-state index is -0.147. The molecule has 0 saturated carbocycles. The molecule has 0 spiro atoms. The largest absolute Gasteiger partial charge is 0.378 e. The van der Waals surface area contributed by atoms with Gasteiger partial charge in [0.15, 0.2) is 5.78 Å². The Hall–Kier alpha value is -3.29. The number of amides is 1. The lowest BCUT2D eigenvalue weighted by Crippen LogP contribution is -2.41. The Balaban J connectivity index is 1.44. The Bertz CT molecular complexity index is 1060. The summed E-state index contributed by atoms with van der Waals surface area (Å²) in [5, 5.41) is 3.92. The molecule has 0 atom stereocenters. The number of carbonyl (C=O) groups is 2. The molecule has 158 valence electrons. The Morgan fingerprint density at radius 3 is 2.52 bits per heavy atom. The van der Waals surface area contributed by atoms with Gasteiger partial charge in [-0.2, -0.15) is 0 Å². The number of nitrogens with one attached hydrogen (secondary N) is 1. The molecule has 1 aliphatic rings. The zero-order chi connectivity index (χ0) is 21.6. The smallest absolute Gasteiger partial charge is 0.272 e. The lowest BCUT2D eigenvalue weighted by molar-refractivity contribution is 0.0299. The van der Waals surface area contributed by atoms with Crippen LogP contribution in [0.15, 0.2) is 61.1 Å². The second kappa shape index (κ2) is 9.68. The van der Waals surface area contributed by atoms with E-state index in [9.17, 15) is 9.59 Å². The van der Waals surface area contributed by atoms with Crippen LogP contribution in [-0.2, 0) is 11.2 Å². The van der Waals surface area contributed by atoms with Gasteiger partial charge in [0.05, 0.1) is 25.1 Å². The first-order valence-corrected chi connectivity index (χ1v) is 10.3. The number of halogens is 1. The van der Waals surface area contributed by atoms with Crippen LogP contribution in [0.2, 0.25) is 5.02 Å². The molecule has 1 aliphatic heterocycles. The fourth-order valence-corrected chi connectivity index (χ4v) is 3.39. The van der Waals surface area contributed by atoms with Gasteiger partial charge in [0.2, 0.25) is 0 Å². The van der Waals surface area contributed by atoms with Crippen LogP contribution in [-0.4, -0.2) is 52.9 Å². The number of anilines is 2. The third-order valence-corrected chi connectivity index (χ3v) is 5.24. The third-order valence-electron chi connectivity index (χ3n) is 4.99. The molecule has 7 nitrogen and oxygen atoms in total. The molecule has 8 heteroatoms. The van der Waals surface area contributed by atoms with E-state index in [1.807, 2.05) is 12.1 Å². The second-order valence-electron chi connectivity index (χ2n) is 7.10. The molecule has 3 aromatic rings. The predicted octanol–water partition coefficient (Wildman–Crippen LogP) is 3.77. The number of pyridine rings is 2. The minimum absolute atomic E-state index is 0.0942. The number of carbonyl (C=O) groups excluding carboxylic acids is 2. The van der Waals surface area contributed by atoms with Gasteiger partial charge in [0.1, 0.15) is 5.69 Å². The standard InChI is InChI=1S/C23H21ClN4O3/c24-18-2-4-19(5-3-18)27-21-15-25-8-7-16(21)13-22(29)17-1-6-20(26-14-17)23(30)28-9-11-31-12-10-28/h1-8,14-15,27H,9-13H2. The second-order valence-corrected chi connectivity index (χ2v) is 7.54. The van der Waals surface area contributed by atoms with Crippen molar-refractivity contribution in [2.45, 2.75) is 6.42 Å². The molecule has 1 saturated heterocycles. The lowest BCUT2D eigenvalue weighted by atomic mass is 10.0. The van der Waals surface area contributed by atoms with Crippen molar-refractivity contribution in [3.05, 3.63) is 82.9 Å². The van der Waals surface area contributed by atoms with Gasteiger partial charge in [-0.1, -0.05) is 11.6 Å². The zero-order valence-corrected chi connectivity index (χ0v) is 17.5. The molecule has 1 fully saturated rings. The molecule has 1 N–H and O–H groups in total.